The minimum Gasteiger partial charge on any atom is -0.481 e. The van der Waals surface area contributed by atoms with Crippen molar-refractivity contribution in [2.45, 2.75) is 39.2 Å². The van der Waals surface area contributed by atoms with Gasteiger partial charge in [-0.25, -0.2) is 0 Å². The maximum atomic E-state index is 11.8. The number of carboxylic acid groups (broad SMARTS) is 1. The monoisotopic (exact) mass is 242 g/mol. The van der Waals surface area contributed by atoms with E-state index in [4.69, 9.17) is 5.11 Å². The minimum absolute atomic E-state index is 0.0571. The average Bonchev–Trinajstić information content (AvgIpc) is 2.69. The highest BCUT2D eigenvalue weighted by Crippen LogP contribution is 2.15. The van der Waals surface area contributed by atoms with Crippen molar-refractivity contribution in [3.05, 3.63) is 0 Å². The normalized spacial score (nSPS) is 25.5. The molecule has 0 saturated carbocycles. The van der Waals surface area contributed by atoms with Crippen LogP contribution in [0.5, 0.6) is 0 Å². The van der Waals surface area contributed by atoms with Gasteiger partial charge in [-0.1, -0.05) is 6.92 Å². The summed E-state index contributed by atoms with van der Waals surface area (Å²) in [7, 11) is 0. The second kappa shape index (κ2) is 6.59. The van der Waals surface area contributed by atoms with Gasteiger partial charge >= 0.3 is 5.97 Å². The molecule has 0 aromatic rings. The molecule has 1 aliphatic heterocycles. The molecule has 98 valence electrons. The third-order valence-corrected chi connectivity index (χ3v) is 3.34. The number of carboxylic acids is 1. The summed E-state index contributed by atoms with van der Waals surface area (Å²) in [5.41, 5.74) is 0. The van der Waals surface area contributed by atoms with Crippen LogP contribution in [0.25, 0.3) is 0 Å². The topological polar surface area (TPSA) is 78.4 Å². The first-order valence-electron chi connectivity index (χ1n) is 6.23. The molecule has 5 nitrogen and oxygen atoms in total. The van der Waals surface area contributed by atoms with Crippen molar-refractivity contribution in [1.82, 2.24) is 10.6 Å². The van der Waals surface area contributed by atoms with Gasteiger partial charge in [0.1, 0.15) is 0 Å². The summed E-state index contributed by atoms with van der Waals surface area (Å²) in [5, 5.41) is 14.7. The van der Waals surface area contributed by atoms with Gasteiger partial charge in [0.15, 0.2) is 0 Å². The molecule has 0 aliphatic carbocycles. The fourth-order valence-electron chi connectivity index (χ4n) is 2.09. The van der Waals surface area contributed by atoms with Crippen molar-refractivity contribution in [3.8, 4) is 0 Å². The summed E-state index contributed by atoms with van der Waals surface area (Å²) in [5.74, 6) is -0.428. The lowest BCUT2D eigenvalue weighted by Crippen LogP contribution is -2.38. The Bertz CT molecular complexity index is 281. The highest BCUT2D eigenvalue weighted by atomic mass is 16.4. The van der Waals surface area contributed by atoms with Crippen LogP contribution >= 0.6 is 0 Å². The molecule has 17 heavy (non-hydrogen) atoms. The van der Waals surface area contributed by atoms with E-state index in [0.29, 0.717) is 13.0 Å². The van der Waals surface area contributed by atoms with Crippen LogP contribution < -0.4 is 10.6 Å². The molecular formula is C12H22N2O3. The second-order valence-corrected chi connectivity index (χ2v) is 4.92. The van der Waals surface area contributed by atoms with Gasteiger partial charge in [0.2, 0.25) is 5.91 Å². The molecule has 3 unspecified atom stereocenters. The van der Waals surface area contributed by atoms with Crippen LogP contribution in [0, 0.1) is 11.8 Å². The van der Waals surface area contributed by atoms with Gasteiger partial charge in [0.05, 0.1) is 5.92 Å². The minimum atomic E-state index is -0.781. The quantitative estimate of drug-likeness (QED) is 0.637. The highest BCUT2D eigenvalue weighted by Gasteiger charge is 2.29. The fourth-order valence-corrected chi connectivity index (χ4v) is 2.09. The zero-order chi connectivity index (χ0) is 12.8. The largest absolute Gasteiger partial charge is 0.481 e. The molecule has 0 bridgehead atoms. The van der Waals surface area contributed by atoms with Crippen molar-refractivity contribution in [1.29, 1.82) is 0 Å². The Labute approximate surface area is 102 Å². The van der Waals surface area contributed by atoms with Crippen LogP contribution in [0.3, 0.4) is 0 Å². The van der Waals surface area contributed by atoms with E-state index < -0.39 is 5.97 Å². The number of hydrogen-bond acceptors (Lipinski definition) is 3. The van der Waals surface area contributed by atoms with E-state index in [2.05, 4.69) is 10.6 Å². The van der Waals surface area contributed by atoms with E-state index in [9.17, 15) is 9.59 Å². The summed E-state index contributed by atoms with van der Waals surface area (Å²) >= 11 is 0. The Morgan fingerprint density at radius 1 is 1.53 bits per heavy atom. The molecule has 3 N–H and O–H groups in total. The lowest BCUT2D eigenvalue weighted by atomic mass is 10.0. The predicted octanol–water partition coefficient (Wildman–Crippen LogP) is 0.602. The molecule has 5 heteroatoms. The van der Waals surface area contributed by atoms with Crippen LogP contribution in [0.2, 0.25) is 0 Å². The summed E-state index contributed by atoms with van der Waals surface area (Å²) in [4.78, 5) is 22.2. The van der Waals surface area contributed by atoms with Crippen LogP contribution in [0.15, 0.2) is 0 Å². The first-order chi connectivity index (χ1) is 8.00. The molecule has 1 rings (SSSR count). The molecule has 1 aliphatic rings. The Hall–Kier alpha value is -1.10. The third kappa shape index (κ3) is 4.73. The maximum absolute atomic E-state index is 11.8. The van der Waals surface area contributed by atoms with Crippen LogP contribution in [-0.4, -0.2) is 36.1 Å². The number of carbonyl (C=O) groups is 2. The van der Waals surface area contributed by atoms with Crippen LogP contribution in [0.1, 0.15) is 33.1 Å². The van der Waals surface area contributed by atoms with Crippen molar-refractivity contribution in [3.63, 3.8) is 0 Å². The van der Waals surface area contributed by atoms with E-state index in [1.807, 2.05) is 13.8 Å². The molecule has 0 spiro atoms. The van der Waals surface area contributed by atoms with Crippen LogP contribution in [0.4, 0.5) is 0 Å². The molecule has 1 saturated heterocycles. The molecule has 1 amide bonds. The van der Waals surface area contributed by atoms with E-state index >= 15 is 0 Å². The SMILES string of the molecule is CC(CCC(=O)O)CNC(=O)C1CCNC1C. The van der Waals surface area contributed by atoms with Crippen molar-refractivity contribution in [2.24, 2.45) is 11.8 Å². The molecule has 1 heterocycles. The number of hydrogen-bond donors (Lipinski definition) is 3. The van der Waals surface area contributed by atoms with Crippen molar-refractivity contribution >= 4 is 11.9 Å². The smallest absolute Gasteiger partial charge is 0.303 e. The Kier molecular flexibility index (Phi) is 5.41. The zero-order valence-corrected chi connectivity index (χ0v) is 10.5. The lowest BCUT2D eigenvalue weighted by Gasteiger charge is -2.17. The van der Waals surface area contributed by atoms with Gasteiger partial charge in [-0.05, 0) is 32.2 Å². The third-order valence-electron chi connectivity index (χ3n) is 3.34. The number of amides is 1. The highest BCUT2D eigenvalue weighted by molar-refractivity contribution is 5.79. The Morgan fingerprint density at radius 3 is 2.76 bits per heavy atom. The predicted molar refractivity (Wildman–Crippen MR) is 64.6 cm³/mol. The summed E-state index contributed by atoms with van der Waals surface area (Å²) in [6.07, 6.45) is 1.66. The summed E-state index contributed by atoms with van der Waals surface area (Å²) in [6.45, 7) is 5.44. The molecule has 0 radical (unpaired) electrons. The van der Waals surface area contributed by atoms with Gasteiger partial charge < -0.3 is 15.7 Å². The van der Waals surface area contributed by atoms with E-state index in [1.54, 1.807) is 0 Å². The van der Waals surface area contributed by atoms with E-state index in [-0.39, 0.29) is 30.2 Å². The molecule has 1 fully saturated rings. The van der Waals surface area contributed by atoms with Crippen molar-refractivity contribution < 1.29 is 14.7 Å². The molecular weight excluding hydrogens is 220 g/mol. The van der Waals surface area contributed by atoms with Gasteiger partial charge in [-0.15, -0.1) is 0 Å². The Morgan fingerprint density at radius 2 is 2.24 bits per heavy atom. The summed E-state index contributed by atoms with van der Waals surface area (Å²) < 4.78 is 0. The fraction of sp³-hybridized carbons (Fsp3) is 0.833. The van der Waals surface area contributed by atoms with Gasteiger partial charge in [0.25, 0.3) is 0 Å². The lowest BCUT2D eigenvalue weighted by molar-refractivity contribution is -0.137. The molecule has 0 aromatic heterocycles. The van der Waals surface area contributed by atoms with Gasteiger partial charge in [-0.2, -0.15) is 0 Å². The van der Waals surface area contributed by atoms with Crippen LogP contribution in [-0.2, 0) is 9.59 Å². The number of carbonyl (C=O) groups excluding carboxylic acids is 1. The number of aliphatic carboxylic acids is 1. The summed E-state index contributed by atoms with van der Waals surface area (Å²) in [6, 6.07) is 0.240. The van der Waals surface area contributed by atoms with E-state index in [1.165, 1.54) is 0 Å². The zero-order valence-electron chi connectivity index (χ0n) is 10.5. The first kappa shape index (κ1) is 14.0. The van der Waals surface area contributed by atoms with E-state index in [0.717, 1.165) is 13.0 Å². The number of rotatable bonds is 6. The van der Waals surface area contributed by atoms with Gasteiger partial charge in [-0.3, -0.25) is 9.59 Å². The number of nitrogens with one attached hydrogen (secondary N) is 2. The Balaban J connectivity index is 2.21. The first-order valence-corrected chi connectivity index (χ1v) is 6.23. The molecule has 3 atom stereocenters. The maximum Gasteiger partial charge on any atom is 0.303 e. The van der Waals surface area contributed by atoms with Crippen molar-refractivity contribution in [2.75, 3.05) is 13.1 Å². The average molecular weight is 242 g/mol. The molecule has 0 aromatic carbocycles. The standard InChI is InChI=1S/C12H22N2O3/c1-8(3-4-11(15)16)7-14-12(17)10-5-6-13-9(10)2/h8-10,13H,3-7H2,1-2H3,(H,14,17)(H,15,16). The van der Waals surface area contributed by atoms with Gasteiger partial charge in [0, 0.05) is 19.0 Å². The second-order valence-electron chi connectivity index (χ2n) is 4.92.